The van der Waals surface area contributed by atoms with Gasteiger partial charge in [0.05, 0.1) is 6.10 Å². The summed E-state index contributed by atoms with van der Waals surface area (Å²) in [5.74, 6) is -1.31. The quantitative estimate of drug-likeness (QED) is 0.888. The van der Waals surface area contributed by atoms with E-state index in [-0.39, 0.29) is 5.56 Å². The third-order valence-electron chi connectivity index (χ3n) is 4.59. The van der Waals surface area contributed by atoms with Crippen LogP contribution in [-0.4, -0.2) is 11.7 Å². The highest BCUT2D eigenvalue weighted by Gasteiger charge is 2.38. The van der Waals surface area contributed by atoms with E-state index in [9.17, 15) is 13.9 Å². The molecule has 1 aromatic rings. The van der Waals surface area contributed by atoms with E-state index in [2.05, 4.69) is 0 Å². The van der Waals surface area contributed by atoms with Crippen LogP contribution in [0.1, 0.15) is 56.6 Å². The third-order valence-corrected chi connectivity index (χ3v) is 4.59. The number of hydrogen-bond donors (Lipinski definition) is 2. The Hall–Kier alpha value is -1.00. The minimum atomic E-state index is -0.966. The summed E-state index contributed by atoms with van der Waals surface area (Å²) in [5, 5.41) is 10.6. The van der Waals surface area contributed by atoms with Crippen molar-refractivity contribution in [1.29, 1.82) is 0 Å². The minimum Gasteiger partial charge on any atom is -0.388 e. The summed E-state index contributed by atoms with van der Waals surface area (Å²) in [5.41, 5.74) is 5.60. The molecule has 1 unspecified atom stereocenters. The molecule has 0 saturated heterocycles. The van der Waals surface area contributed by atoms with Crippen molar-refractivity contribution in [1.82, 2.24) is 0 Å². The van der Waals surface area contributed by atoms with E-state index >= 15 is 0 Å². The van der Waals surface area contributed by atoms with Gasteiger partial charge in [-0.05, 0) is 18.9 Å². The highest BCUT2D eigenvalue weighted by molar-refractivity contribution is 5.23. The van der Waals surface area contributed by atoms with Crippen molar-refractivity contribution in [2.75, 3.05) is 6.54 Å². The lowest BCUT2D eigenvalue weighted by Crippen LogP contribution is -2.38. The first-order valence-corrected chi connectivity index (χ1v) is 7.42. The Balaban J connectivity index is 2.28. The molecule has 1 saturated carbocycles. The second-order valence-electron chi connectivity index (χ2n) is 5.90. The third kappa shape index (κ3) is 3.18. The molecule has 2 rings (SSSR count). The maximum Gasteiger partial charge on any atom is 0.131 e. The number of benzene rings is 1. The first kappa shape index (κ1) is 15.4. The molecule has 1 aliphatic carbocycles. The molecule has 112 valence electrons. The van der Waals surface area contributed by atoms with Crippen LogP contribution >= 0.6 is 0 Å². The SMILES string of the molecule is NCC1(C(O)c2ccc(F)cc2F)CCCCCCC1. The Labute approximate surface area is 119 Å². The van der Waals surface area contributed by atoms with Crippen LogP contribution < -0.4 is 5.73 Å². The van der Waals surface area contributed by atoms with Crippen molar-refractivity contribution in [3.8, 4) is 0 Å². The monoisotopic (exact) mass is 283 g/mol. The molecule has 1 aliphatic rings. The molecule has 0 heterocycles. The fourth-order valence-corrected chi connectivity index (χ4v) is 3.25. The molecule has 2 nitrogen and oxygen atoms in total. The Morgan fingerprint density at radius 3 is 2.25 bits per heavy atom. The van der Waals surface area contributed by atoms with E-state index in [0.717, 1.165) is 44.6 Å². The smallest absolute Gasteiger partial charge is 0.131 e. The summed E-state index contributed by atoms with van der Waals surface area (Å²) in [6.45, 7) is 0.324. The van der Waals surface area contributed by atoms with E-state index in [4.69, 9.17) is 5.73 Å². The largest absolute Gasteiger partial charge is 0.388 e. The zero-order valence-electron chi connectivity index (χ0n) is 11.7. The summed E-state index contributed by atoms with van der Waals surface area (Å²) >= 11 is 0. The van der Waals surface area contributed by atoms with Gasteiger partial charge in [-0.25, -0.2) is 8.78 Å². The number of hydrogen-bond acceptors (Lipinski definition) is 2. The predicted octanol–water partition coefficient (Wildman–Crippen LogP) is 3.69. The Morgan fingerprint density at radius 1 is 1.10 bits per heavy atom. The Bertz CT molecular complexity index is 442. The molecule has 0 aromatic heterocycles. The van der Waals surface area contributed by atoms with Crippen molar-refractivity contribution in [2.45, 2.75) is 51.0 Å². The molecular weight excluding hydrogens is 260 g/mol. The molecule has 3 N–H and O–H groups in total. The van der Waals surface area contributed by atoms with Gasteiger partial charge in [0, 0.05) is 23.6 Å². The van der Waals surface area contributed by atoms with Gasteiger partial charge in [0.1, 0.15) is 11.6 Å². The molecular formula is C16H23F2NO. The highest BCUT2D eigenvalue weighted by atomic mass is 19.1. The average Bonchev–Trinajstić information content (AvgIpc) is 2.38. The maximum absolute atomic E-state index is 13.9. The van der Waals surface area contributed by atoms with Crippen molar-refractivity contribution >= 4 is 0 Å². The Kier molecular flexibility index (Phi) is 5.11. The fourth-order valence-electron chi connectivity index (χ4n) is 3.25. The molecule has 0 amide bonds. The highest BCUT2D eigenvalue weighted by Crippen LogP contribution is 2.44. The zero-order chi connectivity index (χ0) is 14.6. The van der Waals surface area contributed by atoms with Crippen LogP contribution in [0, 0.1) is 17.0 Å². The second-order valence-corrected chi connectivity index (χ2v) is 5.90. The van der Waals surface area contributed by atoms with Gasteiger partial charge in [0.25, 0.3) is 0 Å². The second kappa shape index (κ2) is 6.64. The van der Waals surface area contributed by atoms with Gasteiger partial charge < -0.3 is 10.8 Å². The fraction of sp³-hybridized carbons (Fsp3) is 0.625. The summed E-state index contributed by atoms with van der Waals surface area (Å²) in [6, 6.07) is 3.35. The van der Waals surface area contributed by atoms with Gasteiger partial charge >= 0.3 is 0 Å². The van der Waals surface area contributed by atoms with Crippen LogP contribution in [0.4, 0.5) is 8.78 Å². The van der Waals surface area contributed by atoms with Crippen LogP contribution in [0.3, 0.4) is 0 Å². The lowest BCUT2D eigenvalue weighted by atomic mass is 9.70. The van der Waals surface area contributed by atoms with Crippen LogP contribution in [0.5, 0.6) is 0 Å². The van der Waals surface area contributed by atoms with Gasteiger partial charge in [0.15, 0.2) is 0 Å². The van der Waals surface area contributed by atoms with Crippen LogP contribution in [-0.2, 0) is 0 Å². The van der Waals surface area contributed by atoms with Crippen molar-refractivity contribution in [3.05, 3.63) is 35.4 Å². The van der Waals surface area contributed by atoms with E-state index < -0.39 is 23.2 Å². The zero-order valence-corrected chi connectivity index (χ0v) is 11.7. The molecule has 1 atom stereocenters. The molecule has 0 aliphatic heterocycles. The molecule has 0 radical (unpaired) electrons. The summed E-state index contributed by atoms with van der Waals surface area (Å²) in [4.78, 5) is 0. The number of rotatable bonds is 3. The van der Waals surface area contributed by atoms with Crippen LogP contribution in [0.15, 0.2) is 18.2 Å². The Morgan fingerprint density at radius 2 is 1.70 bits per heavy atom. The summed E-state index contributed by atoms with van der Waals surface area (Å²) in [6.07, 6.45) is 6.07. The number of aliphatic hydroxyl groups excluding tert-OH is 1. The van der Waals surface area contributed by atoms with Crippen LogP contribution in [0.25, 0.3) is 0 Å². The van der Waals surface area contributed by atoms with Crippen molar-refractivity contribution < 1.29 is 13.9 Å². The topological polar surface area (TPSA) is 46.2 Å². The standard InChI is InChI=1S/C16H23F2NO/c17-12-6-7-13(14(18)10-12)15(20)16(11-19)8-4-2-1-3-5-9-16/h6-7,10,15,20H,1-5,8-9,11,19H2. The van der Waals surface area contributed by atoms with E-state index in [1.165, 1.54) is 18.6 Å². The van der Waals surface area contributed by atoms with E-state index in [1.54, 1.807) is 0 Å². The first-order chi connectivity index (χ1) is 9.59. The molecule has 4 heteroatoms. The molecule has 20 heavy (non-hydrogen) atoms. The first-order valence-electron chi connectivity index (χ1n) is 7.42. The predicted molar refractivity (Wildman–Crippen MR) is 75.1 cm³/mol. The van der Waals surface area contributed by atoms with E-state index in [0.29, 0.717) is 6.54 Å². The minimum absolute atomic E-state index is 0.164. The van der Waals surface area contributed by atoms with Gasteiger partial charge in [-0.15, -0.1) is 0 Å². The average molecular weight is 283 g/mol. The normalized spacial score (nSPS) is 21.0. The lowest BCUT2D eigenvalue weighted by Gasteiger charge is -2.39. The number of aliphatic hydroxyl groups is 1. The van der Waals surface area contributed by atoms with Crippen molar-refractivity contribution in [3.63, 3.8) is 0 Å². The molecule has 0 bridgehead atoms. The number of nitrogens with two attached hydrogens (primary N) is 1. The molecule has 0 spiro atoms. The summed E-state index contributed by atoms with van der Waals surface area (Å²) in [7, 11) is 0. The maximum atomic E-state index is 13.9. The van der Waals surface area contributed by atoms with Gasteiger partial charge in [-0.3, -0.25) is 0 Å². The van der Waals surface area contributed by atoms with Crippen LogP contribution in [0.2, 0.25) is 0 Å². The number of halogens is 2. The van der Waals surface area contributed by atoms with E-state index in [1.807, 2.05) is 0 Å². The van der Waals surface area contributed by atoms with Gasteiger partial charge in [-0.2, -0.15) is 0 Å². The molecule has 1 aromatic carbocycles. The lowest BCUT2D eigenvalue weighted by molar-refractivity contribution is 0.00608. The van der Waals surface area contributed by atoms with Gasteiger partial charge in [0.2, 0.25) is 0 Å². The summed E-state index contributed by atoms with van der Waals surface area (Å²) < 4.78 is 26.9. The molecule has 1 fully saturated rings. The van der Waals surface area contributed by atoms with Crippen molar-refractivity contribution in [2.24, 2.45) is 11.1 Å². The van der Waals surface area contributed by atoms with Gasteiger partial charge in [-0.1, -0.05) is 38.2 Å².